The first kappa shape index (κ1) is 44.4. The highest BCUT2D eigenvalue weighted by Crippen LogP contribution is 2.21. The largest absolute Gasteiger partial charge is 0.508 e. The molecule has 53 heavy (non-hydrogen) atoms. The first-order chi connectivity index (χ1) is 25.0. The molecule has 1 aliphatic heterocycles. The molecule has 0 spiro atoms. The number of nitrogens with zero attached hydrogens (tertiary/aromatic N) is 1. The zero-order valence-electron chi connectivity index (χ0n) is 31.1. The number of hydrogen-bond acceptors (Lipinski definition) is 10. The van der Waals surface area contributed by atoms with Crippen LogP contribution in [-0.4, -0.2) is 106 Å². The number of likely N-dealkylation sites (tertiary alicyclic amines) is 1. The summed E-state index contributed by atoms with van der Waals surface area (Å²) in [6.45, 7) is 7.73. The summed E-state index contributed by atoms with van der Waals surface area (Å²) in [6.07, 6.45) is 2.18. The van der Waals surface area contributed by atoms with Crippen molar-refractivity contribution >= 4 is 41.4 Å². The van der Waals surface area contributed by atoms with Crippen molar-refractivity contribution in [1.82, 2.24) is 26.2 Å². The Bertz CT molecular complexity index is 1420. The number of nitrogens with two attached hydrogens (primary N) is 3. The van der Waals surface area contributed by atoms with Crippen molar-refractivity contribution in [3.63, 3.8) is 0 Å². The number of nitrogens with one attached hydrogen (secondary N) is 4. The number of carboxylic acids is 1. The molecule has 0 saturated carbocycles. The molecular formula is C36H58N8O9. The zero-order chi connectivity index (χ0) is 39.8. The number of benzene rings is 1. The Morgan fingerprint density at radius 1 is 0.887 bits per heavy atom. The molecule has 0 aliphatic carbocycles. The number of hydrogen-bond donors (Lipinski definition) is 9. The van der Waals surface area contributed by atoms with E-state index in [0.29, 0.717) is 44.2 Å². The van der Waals surface area contributed by atoms with Gasteiger partial charge in [0, 0.05) is 13.0 Å². The molecule has 7 atom stereocenters. The van der Waals surface area contributed by atoms with Gasteiger partial charge in [0.05, 0.1) is 12.5 Å². The van der Waals surface area contributed by atoms with Gasteiger partial charge in [0.1, 0.15) is 36.0 Å². The lowest BCUT2D eigenvalue weighted by atomic mass is 9.96. The van der Waals surface area contributed by atoms with Crippen LogP contribution >= 0.6 is 0 Å². The van der Waals surface area contributed by atoms with E-state index in [9.17, 15) is 43.8 Å². The molecule has 2 rings (SSSR count). The highest BCUT2D eigenvalue weighted by molar-refractivity contribution is 5.98. The molecule has 0 radical (unpaired) electrons. The van der Waals surface area contributed by atoms with E-state index in [1.54, 1.807) is 19.1 Å². The standard InChI is InChI=1S/C36H58N8O9/c1-5-21(4)30(34(50)42-27(36(52)53)17-20(2)3)43-32(48)25(18-22-11-13-23(45)14-12-22)40-33(49)28-10-8-16-44(28)35(51)26(19-29(39)46)41-31(47)24(38)9-6-7-15-37/h11-14,20-21,24-28,30,45H,5-10,15-19,37-38H2,1-4H3,(H2,39,46)(H,40,49)(H,41,47)(H,42,50)(H,43,48)(H,52,53)/t21?,24-,25-,26-,27-,28-,30-/m0/s1. The molecule has 17 heteroatoms. The Balaban J connectivity index is 2.34. The van der Waals surface area contributed by atoms with Crippen molar-refractivity contribution in [2.45, 2.75) is 122 Å². The van der Waals surface area contributed by atoms with E-state index in [1.807, 2.05) is 20.8 Å². The summed E-state index contributed by atoms with van der Waals surface area (Å²) in [5, 5.41) is 30.0. The minimum absolute atomic E-state index is 0.0177. The first-order valence-corrected chi connectivity index (χ1v) is 18.2. The maximum absolute atomic E-state index is 14.0. The van der Waals surface area contributed by atoms with E-state index in [1.165, 1.54) is 17.0 Å². The number of carboxylic acid groups (broad SMARTS) is 1. The zero-order valence-corrected chi connectivity index (χ0v) is 31.1. The molecule has 17 nitrogen and oxygen atoms in total. The number of primary amides is 1. The van der Waals surface area contributed by atoms with Gasteiger partial charge >= 0.3 is 5.97 Å². The van der Waals surface area contributed by atoms with Gasteiger partial charge in [-0.25, -0.2) is 4.79 Å². The Kier molecular flexibility index (Phi) is 18.2. The lowest BCUT2D eigenvalue weighted by molar-refractivity contribution is -0.143. The van der Waals surface area contributed by atoms with Crippen molar-refractivity contribution in [3.8, 4) is 5.75 Å². The predicted octanol–water partition coefficient (Wildman–Crippen LogP) is -0.627. The van der Waals surface area contributed by atoms with E-state index in [2.05, 4.69) is 21.3 Å². The summed E-state index contributed by atoms with van der Waals surface area (Å²) in [5.41, 5.74) is 17.5. The maximum Gasteiger partial charge on any atom is 0.326 e. The SMILES string of the molecule is CCC(C)[C@H](NC(=O)[C@H](Cc1ccc(O)cc1)NC(=O)[C@@H]1CCCN1C(=O)[C@H](CC(N)=O)NC(=O)[C@@H](N)CCCCN)C(=O)N[C@@H](CC(C)C)C(=O)O. The van der Waals surface area contributed by atoms with Crippen LogP contribution < -0.4 is 38.5 Å². The number of aliphatic carboxylic acids is 1. The second-order valence-corrected chi connectivity index (χ2v) is 14.1. The quantitative estimate of drug-likeness (QED) is 0.0674. The highest BCUT2D eigenvalue weighted by Gasteiger charge is 2.40. The third-order valence-electron chi connectivity index (χ3n) is 9.29. The van der Waals surface area contributed by atoms with Crippen LogP contribution in [0.4, 0.5) is 0 Å². The first-order valence-electron chi connectivity index (χ1n) is 18.2. The third kappa shape index (κ3) is 14.3. The Morgan fingerprint density at radius 3 is 2.09 bits per heavy atom. The molecule has 1 aromatic rings. The van der Waals surface area contributed by atoms with Gasteiger partial charge in [0.15, 0.2) is 0 Å². The van der Waals surface area contributed by atoms with Crippen LogP contribution in [0.1, 0.15) is 84.6 Å². The van der Waals surface area contributed by atoms with Gasteiger partial charge in [-0.1, -0.05) is 52.7 Å². The van der Waals surface area contributed by atoms with E-state index in [-0.39, 0.29) is 37.5 Å². The van der Waals surface area contributed by atoms with Crippen molar-refractivity contribution in [2.75, 3.05) is 13.1 Å². The molecular weight excluding hydrogens is 688 g/mol. The van der Waals surface area contributed by atoms with Crippen LogP contribution in [0.15, 0.2) is 24.3 Å². The van der Waals surface area contributed by atoms with Gasteiger partial charge < -0.3 is 53.6 Å². The Morgan fingerprint density at radius 2 is 1.53 bits per heavy atom. The number of carbonyl (C=O) groups is 7. The van der Waals surface area contributed by atoms with Crippen molar-refractivity contribution in [1.29, 1.82) is 0 Å². The topological polar surface area (TPSA) is 289 Å². The number of unbranched alkanes of at least 4 members (excludes halogenated alkanes) is 1. The molecule has 1 fully saturated rings. The molecule has 1 saturated heterocycles. The average molecular weight is 747 g/mol. The van der Waals surface area contributed by atoms with Crippen LogP contribution in [0.25, 0.3) is 0 Å². The average Bonchev–Trinajstić information content (AvgIpc) is 3.59. The van der Waals surface area contributed by atoms with Crippen molar-refractivity contribution in [2.24, 2.45) is 29.0 Å². The molecule has 0 bridgehead atoms. The highest BCUT2D eigenvalue weighted by atomic mass is 16.4. The van der Waals surface area contributed by atoms with Gasteiger partial charge in [0.25, 0.3) is 0 Å². The number of rotatable bonds is 22. The maximum atomic E-state index is 14.0. The van der Waals surface area contributed by atoms with Gasteiger partial charge in [-0.05, 0) is 68.2 Å². The molecule has 1 aliphatic rings. The van der Waals surface area contributed by atoms with E-state index < -0.39 is 90.0 Å². The molecule has 296 valence electrons. The van der Waals surface area contributed by atoms with Crippen LogP contribution in [0.5, 0.6) is 5.75 Å². The number of carbonyl (C=O) groups excluding carboxylic acids is 6. The molecule has 6 amide bonds. The fourth-order valence-corrected chi connectivity index (χ4v) is 6.08. The summed E-state index contributed by atoms with van der Waals surface area (Å²) >= 11 is 0. The minimum Gasteiger partial charge on any atom is -0.508 e. The minimum atomic E-state index is -1.38. The monoisotopic (exact) mass is 746 g/mol. The predicted molar refractivity (Wildman–Crippen MR) is 196 cm³/mol. The Hall–Kier alpha value is -4.77. The van der Waals surface area contributed by atoms with Crippen molar-refractivity contribution < 1.29 is 43.8 Å². The van der Waals surface area contributed by atoms with Gasteiger partial charge in [-0.2, -0.15) is 0 Å². The van der Waals surface area contributed by atoms with Crippen LogP contribution in [0.3, 0.4) is 0 Å². The van der Waals surface area contributed by atoms with E-state index in [0.717, 1.165) is 0 Å². The second kappa shape index (κ2) is 21.7. The van der Waals surface area contributed by atoms with Gasteiger partial charge in [0.2, 0.25) is 35.4 Å². The normalized spacial score (nSPS) is 17.5. The van der Waals surface area contributed by atoms with Crippen LogP contribution in [-0.2, 0) is 40.0 Å². The molecule has 12 N–H and O–H groups in total. The molecule has 0 aromatic heterocycles. The van der Waals surface area contributed by atoms with Crippen LogP contribution in [0, 0.1) is 11.8 Å². The second-order valence-electron chi connectivity index (χ2n) is 14.1. The smallest absolute Gasteiger partial charge is 0.326 e. The molecule has 1 unspecified atom stereocenters. The summed E-state index contributed by atoms with van der Waals surface area (Å²) in [4.78, 5) is 92.9. The fraction of sp³-hybridized carbons (Fsp3) is 0.639. The van der Waals surface area contributed by atoms with Gasteiger partial charge in [-0.15, -0.1) is 0 Å². The summed E-state index contributed by atoms with van der Waals surface area (Å²) in [7, 11) is 0. The fourth-order valence-electron chi connectivity index (χ4n) is 6.08. The number of phenolic OH excluding ortho intramolecular Hbond substituents is 1. The lowest BCUT2D eigenvalue weighted by Crippen LogP contribution is -2.60. The number of aromatic hydroxyl groups is 1. The summed E-state index contributed by atoms with van der Waals surface area (Å²) in [6, 6.07) is -1.08. The summed E-state index contributed by atoms with van der Waals surface area (Å²) < 4.78 is 0. The molecule has 1 heterocycles. The van der Waals surface area contributed by atoms with E-state index >= 15 is 0 Å². The molecule has 1 aromatic carbocycles. The van der Waals surface area contributed by atoms with Crippen molar-refractivity contribution in [3.05, 3.63) is 29.8 Å². The number of phenols is 1. The van der Waals surface area contributed by atoms with Gasteiger partial charge in [-0.3, -0.25) is 28.8 Å². The Labute approximate surface area is 310 Å². The van der Waals surface area contributed by atoms with E-state index in [4.69, 9.17) is 17.2 Å². The third-order valence-corrected chi connectivity index (χ3v) is 9.29. The lowest BCUT2D eigenvalue weighted by Gasteiger charge is -2.31. The van der Waals surface area contributed by atoms with Crippen LogP contribution in [0.2, 0.25) is 0 Å². The number of amides is 6. The summed E-state index contributed by atoms with van der Waals surface area (Å²) in [5.74, 6) is -6.04.